The zero-order valence-electron chi connectivity index (χ0n) is 10.8. The summed E-state index contributed by atoms with van der Waals surface area (Å²) in [6, 6.07) is 9.62. The maximum Gasteiger partial charge on any atom is 0.211 e. The molecular formula is C13H17N3O2S. The molecule has 0 bridgehead atoms. The first-order valence-corrected chi connectivity index (χ1v) is 7.95. The van der Waals surface area contributed by atoms with Crippen LogP contribution in [0.25, 0.3) is 0 Å². The van der Waals surface area contributed by atoms with Gasteiger partial charge in [0.15, 0.2) is 0 Å². The van der Waals surface area contributed by atoms with Crippen LogP contribution < -0.4 is 5.73 Å². The highest BCUT2D eigenvalue weighted by Gasteiger charge is 2.38. The maximum absolute atomic E-state index is 11.5. The molecule has 0 aromatic heterocycles. The van der Waals surface area contributed by atoms with Crippen molar-refractivity contribution in [1.29, 1.82) is 5.26 Å². The lowest BCUT2D eigenvalue weighted by Gasteiger charge is -2.36. The van der Waals surface area contributed by atoms with Crippen LogP contribution in [-0.2, 0) is 15.4 Å². The highest BCUT2D eigenvalue weighted by molar-refractivity contribution is 7.88. The fraction of sp³-hybridized carbons (Fsp3) is 0.462. The summed E-state index contributed by atoms with van der Waals surface area (Å²) in [6.45, 7) is 0.771. The Hall–Kier alpha value is -1.58. The fourth-order valence-electron chi connectivity index (χ4n) is 2.47. The summed E-state index contributed by atoms with van der Waals surface area (Å²) in [5.41, 5.74) is 6.62. The number of piperidine rings is 1. The largest absolute Gasteiger partial charge is 0.399 e. The molecule has 2 N–H and O–H groups in total. The molecule has 0 amide bonds. The van der Waals surface area contributed by atoms with Crippen molar-refractivity contribution < 1.29 is 8.42 Å². The van der Waals surface area contributed by atoms with E-state index in [1.54, 1.807) is 12.1 Å². The Balaban J connectivity index is 2.24. The monoisotopic (exact) mass is 279 g/mol. The van der Waals surface area contributed by atoms with Crippen molar-refractivity contribution in [2.24, 2.45) is 0 Å². The smallest absolute Gasteiger partial charge is 0.211 e. The molecule has 0 spiro atoms. The van der Waals surface area contributed by atoms with Crippen LogP contribution in [0.2, 0.25) is 0 Å². The number of nitrogens with two attached hydrogens (primary N) is 1. The zero-order valence-corrected chi connectivity index (χ0v) is 11.7. The highest BCUT2D eigenvalue weighted by Crippen LogP contribution is 2.35. The van der Waals surface area contributed by atoms with E-state index in [0.29, 0.717) is 31.6 Å². The van der Waals surface area contributed by atoms with Gasteiger partial charge in [-0.2, -0.15) is 5.26 Å². The van der Waals surface area contributed by atoms with Crippen LogP contribution in [0.1, 0.15) is 18.4 Å². The molecule has 1 aliphatic heterocycles. The van der Waals surface area contributed by atoms with Crippen LogP contribution >= 0.6 is 0 Å². The van der Waals surface area contributed by atoms with E-state index < -0.39 is 15.4 Å². The van der Waals surface area contributed by atoms with E-state index >= 15 is 0 Å². The van der Waals surface area contributed by atoms with Gasteiger partial charge in [0, 0.05) is 18.8 Å². The van der Waals surface area contributed by atoms with Crippen LogP contribution in [0.3, 0.4) is 0 Å². The maximum atomic E-state index is 11.5. The number of nitriles is 1. The molecule has 19 heavy (non-hydrogen) atoms. The second-order valence-corrected chi connectivity index (χ2v) is 6.96. The van der Waals surface area contributed by atoms with Gasteiger partial charge in [0.1, 0.15) is 0 Å². The number of hydrogen-bond donors (Lipinski definition) is 1. The highest BCUT2D eigenvalue weighted by atomic mass is 32.2. The molecule has 1 fully saturated rings. The van der Waals surface area contributed by atoms with Gasteiger partial charge in [0.25, 0.3) is 0 Å². The molecule has 0 saturated carbocycles. The second-order valence-electron chi connectivity index (χ2n) is 4.98. The third-order valence-electron chi connectivity index (χ3n) is 3.72. The van der Waals surface area contributed by atoms with Crippen molar-refractivity contribution in [2.75, 3.05) is 25.1 Å². The van der Waals surface area contributed by atoms with E-state index in [4.69, 9.17) is 5.73 Å². The van der Waals surface area contributed by atoms with Gasteiger partial charge in [-0.15, -0.1) is 0 Å². The van der Waals surface area contributed by atoms with Gasteiger partial charge in [-0.05, 0) is 30.5 Å². The van der Waals surface area contributed by atoms with E-state index in [9.17, 15) is 13.7 Å². The SMILES string of the molecule is CS(=O)(=O)N1CCC(C#N)(c2ccc(N)cc2)CC1. The van der Waals surface area contributed by atoms with Gasteiger partial charge < -0.3 is 5.73 Å². The minimum atomic E-state index is -3.17. The summed E-state index contributed by atoms with van der Waals surface area (Å²) in [7, 11) is -3.17. The van der Waals surface area contributed by atoms with Crippen LogP contribution in [0.5, 0.6) is 0 Å². The van der Waals surface area contributed by atoms with Crippen molar-refractivity contribution in [3.05, 3.63) is 29.8 Å². The fourth-order valence-corrected chi connectivity index (χ4v) is 3.31. The number of hydrogen-bond acceptors (Lipinski definition) is 4. The quantitative estimate of drug-likeness (QED) is 0.821. The predicted octanol–water partition coefficient (Wildman–Crippen LogP) is 1.09. The van der Waals surface area contributed by atoms with Crippen LogP contribution in [-0.4, -0.2) is 32.1 Å². The number of sulfonamides is 1. The predicted molar refractivity (Wildman–Crippen MR) is 73.8 cm³/mol. The minimum Gasteiger partial charge on any atom is -0.399 e. The van der Waals surface area contributed by atoms with Gasteiger partial charge in [0.2, 0.25) is 10.0 Å². The number of benzene rings is 1. The number of anilines is 1. The Kier molecular flexibility index (Phi) is 3.52. The molecule has 1 aliphatic rings. The van der Waals surface area contributed by atoms with E-state index in [2.05, 4.69) is 6.07 Å². The first kappa shape index (κ1) is 13.8. The number of nitrogen functional groups attached to an aromatic ring is 1. The van der Waals surface area contributed by atoms with Gasteiger partial charge in [-0.1, -0.05) is 12.1 Å². The number of rotatable bonds is 2. The molecular weight excluding hydrogens is 262 g/mol. The molecule has 1 heterocycles. The molecule has 1 aromatic rings. The standard InChI is InChI=1S/C13H17N3O2S/c1-19(17,18)16-8-6-13(10-14,7-9-16)11-2-4-12(15)5-3-11/h2-5H,6-9,15H2,1H3. The first-order valence-electron chi connectivity index (χ1n) is 6.10. The Morgan fingerprint density at radius 3 is 2.21 bits per heavy atom. The first-order chi connectivity index (χ1) is 8.87. The number of nitrogens with zero attached hydrogens (tertiary/aromatic N) is 2. The lowest BCUT2D eigenvalue weighted by atomic mass is 9.74. The van der Waals surface area contributed by atoms with Gasteiger partial charge in [-0.25, -0.2) is 12.7 Å². The molecule has 102 valence electrons. The molecule has 1 aromatic carbocycles. The van der Waals surface area contributed by atoms with Gasteiger partial charge in [0.05, 0.1) is 17.7 Å². The Morgan fingerprint density at radius 2 is 1.79 bits per heavy atom. The summed E-state index contributed by atoms with van der Waals surface area (Å²) in [6.07, 6.45) is 2.23. The summed E-state index contributed by atoms with van der Waals surface area (Å²) >= 11 is 0. The van der Waals surface area contributed by atoms with Gasteiger partial charge in [-0.3, -0.25) is 0 Å². The Morgan fingerprint density at radius 1 is 1.26 bits per heavy atom. The Labute approximate surface area is 113 Å². The average molecular weight is 279 g/mol. The van der Waals surface area contributed by atoms with Crippen molar-refractivity contribution in [2.45, 2.75) is 18.3 Å². The second kappa shape index (κ2) is 4.83. The van der Waals surface area contributed by atoms with Crippen LogP contribution in [0, 0.1) is 11.3 Å². The van der Waals surface area contributed by atoms with E-state index in [1.165, 1.54) is 10.6 Å². The van der Waals surface area contributed by atoms with E-state index in [1.807, 2.05) is 12.1 Å². The third kappa shape index (κ3) is 2.72. The van der Waals surface area contributed by atoms with Crippen molar-refractivity contribution >= 4 is 15.7 Å². The summed E-state index contributed by atoms with van der Waals surface area (Å²) < 4.78 is 24.4. The molecule has 1 saturated heterocycles. The van der Waals surface area contributed by atoms with Crippen molar-refractivity contribution in [3.63, 3.8) is 0 Å². The molecule has 5 nitrogen and oxygen atoms in total. The van der Waals surface area contributed by atoms with Crippen molar-refractivity contribution in [3.8, 4) is 6.07 Å². The molecule has 6 heteroatoms. The summed E-state index contributed by atoms with van der Waals surface area (Å²) in [4.78, 5) is 0. The van der Waals surface area contributed by atoms with E-state index in [-0.39, 0.29) is 0 Å². The summed E-state index contributed by atoms with van der Waals surface area (Å²) in [5, 5.41) is 9.50. The topological polar surface area (TPSA) is 87.2 Å². The van der Waals surface area contributed by atoms with Crippen molar-refractivity contribution in [1.82, 2.24) is 4.31 Å². The molecule has 2 rings (SSSR count). The normalized spacial score (nSPS) is 19.8. The molecule has 0 atom stereocenters. The van der Waals surface area contributed by atoms with Crippen LogP contribution in [0.15, 0.2) is 24.3 Å². The average Bonchev–Trinajstić information content (AvgIpc) is 2.38. The van der Waals surface area contributed by atoms with Crippen LogP contribution in [0.4, 0.5) is 5.69 Å². The summed E-state index contributed by atoms with van der Waals surface area (Å²) in [5.74, 6) is 0. The lowest BCUT2D eigenvalue weighted by Crippen LogP contribution is -2.44. The van der Waals surface area contributed by atoms with E-state index in [0.717, 1.165) is 5.56 Å². The molecule has 0 aliphatic carbocycles. The third-order valence-corrected chi connectivity index (χ3v) is 5.03. The Bertz CT molecular complexity index is 594. The minimum absolute atomic E-state index is 0.386. The van der Waals surface area contributed by atoms with Gasteiger partial charge >= 0.3 is 0 Å². The lowest BCUT2D eigenvalue weighted by molar-refractivity contribution is 0.278. The molecule has 0 unspecified atom stereocenters. The molecule has 0 radical (unpaired) electrons. The zero-order chi connectivity index (χ0) is 14.1.